The molecule has 490 valence electrons. The zero-order valence-electron chi connectivity index (χ0n) is 54.6. The van der Waals surface area contributed by atoms with Crippen LogP contribution in [0.25, 0.3) is 0 Å². The van der Waals surface area contributed by atoms with Gasteiger partial charge in [-0.15, -0.1) is 0 Å². The summed E-state index contributed by atoms with van der Waals surface area (Å²) in [6.45, 7) is 20.4. The number of carboxylic acids is 1. The van der Waals surface area contributed by atoms with Crippen LogP contribution < -0.4 is 23.7 Å². The number of esters is 6. The topological polar surface area (TPSA) is 279 Å². The van der Waals surface area contributed by atoms with Crippen LogP contribution in [0, 0.1) is 32.6 Å². The quantitative estimate of drug-likeness (QED) is 0.0532. The van der Waals surface area contributed by atoms with Crippen molar-refractivity contribution in [2.45, 2.75) is 196 Å². The van der Waals surface area contributed by atoms with E-state index in [2.05, 4.69) is 13.0 Å². The molecular formula is C70H84O21. The molecule has 91 heavy (non-hydrogen) atoms. The Kier molecular flexibility index (Phi) is 21.0. The van der Waals surface area contributed by atoms with Crippen LogP contribution >= 0.6 is 0 Å². The van der Waals surface area contributed by atoms with Gasteiger partial charge in [-0.05, 0) is 159 Å². The van der Waals surface area contributed by atoms with Gasteiger partial charge in [0.05, 0.1) is 56.8 Å². The van der Waals surface area contributed by atoms with Gasteiger partial charge in [-0.25, -0.2) is 19.2 Å². The molecule has 0 bridgehead atoms. The minimum absolute atomic E-state index is 0.0394. The predicted octanol–water partition coefficient (Wildman–Crippen LogP) is 10.7. The highest BCUT2D eigenvalue weighted by molar-refractivity contribution is 5.97. The van der Waals surface area contributed by atoms with E-state index >= 15 is 0 Å². The second-order valence-electron chi connectivity index (χ2n) is 25.1. The summed E-state index contributed by atoms with van der Waals surface area (Å²) in [4.78, 5) is 91.9. The molecule has 2 N–H and O–H groups in total. The number of benzene rings is 4. The average Bonchev–Trinajstić information content (AvgIpc) is 1.77. The molecule has 0 radical (unpaired) electrons. The standard InChI is InChI=1S/C18H22O5.C18H22O4.2C17H20O6/c1-10(18(3)6-5-16(19)23-18)7-12-11(2)14-9-22-17(20)13(14)8-15(12)21-4;1-11(5-7-12(2)19)6-8-14-13(3)16-10-22-18(20)15(16)9-17(14)21-4;1-9-10(7-14(18)17(2)5-4-15(19)23-17)13(21-3)6-11-12(9)8-22-16(11)20;1-9-6-11-13(21-3)7-10-12(8-22-16(10)20)15(11)23-17(9,2)5-4-14(18)19/h8,10H,5-7,9H2,1-4H3;6,9H,5,7-8,10H2,1-4H3;6,14,18H,4-5,7-8H2,1-3H3;7,9H,4-6,8H2,1-3H3,(H,18,19)/b;11-6+;;/t10-,18-;;14-,17-;9-,17-/m0.00/s1. The monoisotopic (exact) mass is 1260 g/mol. The highest BCUT2D eigenvalue weighted by atomic mass is 16.6. The van der Waals surface area contributed by atoms with Crippen LogP contribution in [0.15, 0.2) is 35.9 Å². The number of aliphatic hydroxyl groups excluding tert-OH is 1. The molecule has 7 aliphatic rings. The van der Waals surface area contributed by atoms with E-state index < -0.39 is 28.9 Å². The number of Topliss-reactive ketones (excluding diaryl/α,β-unsaturated/α-hetero) is 1. The van der Waals surface area contributed by atoms with Crippen LogP contribution in [0.5, 0.6) is 28.7 Å². The molecule has 6 atom stereocenters. The van der Waals surface area contributed by atoms with E-state index in [4.69, 9.17) is 57.2 Å². The number of aliphatic hydroxyl groups is 1. The molecule has 0 aromatic heterocycles. The van der Waals surface area contributed by atoms with Crippen LogP contribution in [0.3, 0.4) is 0 Å². The van der Waals surface area contributed by atoms with Gasteiger partial charge < -0.3 is 67.1 Å². The van der Waals surface area contributed by atoms with Gasteiger partial charge in [-0.3, -0.25) is 14.4 Å². The Balaban J connectivity index is 0.000000156. The van der Waals surface area contributed by atoms with Gasteiger partial charge in [0.25, 0.3) is 0 Å². The van der Waals surface area contributed by atoms with E-state index in [1.165, 1.54) is 12.7 Å². The third-order valence-corrected chi connectivity index (χ3v) is 19.3. The lowest BCUT2D eigenvalue weighted by Crippen LogP contribution is -2.44. The van der Waals surface area contributed by atoms with Crippen molar-refractivity contribution in [1.29, 1.82) is 0 Å². The van der Waals surface area contributed by atoms with Gasteiger partial charge in [-0.2, -0.15) is 0 Å². The van der Waals surface area contributed by atoms with Gasteiger partial charge >= 0.3 is 41.8 Å². The zero-order chi connectivity index (χ0) is 66.6. The molecule has 11 rings (SSSR count). The number of aliphatic carboxylic acids is 1. The SMILES string of the molecule is COc1cc2c(c(C)c1C/C=C(\C)CCC(C)=O)COC2=O.COc1cc2c(c(C)c1C[C@H](C)[C@]1(C)CCC(=O)O1)COC2=O.COc1cc2c(c(C)c1C[C@H](O)[C@]1(C)CCC(=O)O1)COC2=O.COc1cc2c(c3c1C[C@H](C)[C@](C)(CCC(=O)O)O3)COC2=O. The van der Waals surface area contributed by atoms with Crippen molar-refractivity contribution in [2.75, 3.05) is 28.4 Å². The second-order valence-corrected chi connectivity index (χ2v) is 25.1. The Morgan fingerprint density at radius 1 is 0.582 bits per heavy atom. The van der Waals surface area contributed by atoms with E-state index in [-0.39, 0.29) is 79.5 Å². The second kappa shape index (κ2) is 28.0. The van der Waals surface area contributed by atoms with Crippen LogP contribution in [0.2, 0.25) is 0 Å². The smallest absolute Gasteiger partial charge is 0.339 e. The number of carbonyl (C=O) groups is 8. The normalized spacial score (nSPS) is 21.9. The number of allylic oxidation sites excluding steroid dienone is 2. The minimum Gasteiger partial charge on any atom is -0.496 e. The number of rotatable bonds is 18. The first kappa shape index (κ1) is 68.4. The summed E-state index contributed by atoms with van der Waals surface area (Å²) in [5.74, 6) is 1.08. The first-order chi connectivity index (χ1) is 43.0. The molecule has 21 heteroatoms. The molecule has 0 aliphatic carbocycles. The van der Waals surface area contributed by atoms with Gasteiger partial charge in [0.1, 0.15) is 77.8 Å². The van der Waals surface area contributed by atoms with Gasteiger partial charge in [0.15, 0.2) is 0 Å². The molecule has 0 spiro atoms. The van der Waals surface area contributed by atoms with E-state index in [1.54, 1.807) is 59.4 Å². The number of cyclic esters (lactones) is 6. The first-order valence-electron chi connectivity index (χ1n) is 30.7. The van der Waals surface area contributed by atoms with E-state index in [1.807, 2.05) is 48.5 Å². The van der Waals surface area contributed by atoms with Crippen molar-refractivity contribution < 1.29 is 101 Å². The maximum Gasteiger partial charge on any atom is 0.339 e. The van der Waals surface area contributed by atoms with Crippen molar-refractivity contribution in [1.82, 2.24) is 0 Å². The Morgan fingerprint density at radius 3 is 1.44 bits per heavy atom. The lowest BCUT2D eigenvalue weighted by Gasteiger charge is -2.42. The lowest BCUT2D eigenvalue weighted by atomic mass is 9.78. The predicted molar refractivity (Wildman–Crippen MR) is 329 cm³/mol. The molecule has 4 aromatic carbocycles. The summed E-state index contributed by atoms with van der Waals surface area (Å²) < 4.78 is 59.3. The van der Waals surface area contributed by atoms with Crippen LogP contribution in [0.4, 0.5) is 0 Å². The van der Waals surface area contributed by atoms with Crippen molar-refractivity contribution >= 4 is 47.6 Å². The van der Waals surface area contributed by atoms with Crippen LogP contribution in [0.1, 0.15) is 202 Å². The molecule has 21 nitrogen and oxygen atoms in total. The highest BCUT2D eigenvalue weighted by Gasteiger charge is 2.46. The van der Waals surface area contributed by atoms with Crippen LogP contribution in [-0.4, -0.2) is 109 Å². The molecule has 2 fully saturated rings. The molecule has 2 saturated heterocycles. The fourth-order valence-corrected chi connectivity index (χ4v) is 12.6. The van der Waals surface area contributed by atoms with Gasteiger partial charge in [-0.1, -0.05) is 25.5 Å². The van der Waals surface area contributed by atoms with Crippen molar-refractivity contribution in [2.24, 2.45) is 11.8 Å². The number of ether oxygens (including phenoxy) is 11. The summed E-state index contributed by atoms with van der Waals surface area (Å²) in [5, 5.41) is 19.6. The number of fused-ring (bicyclic) bond motifs is 6. The third-order valence-electron chi connectivity index (χ3n) is 19.3. The summed E-state index contributed by atoms with van der Waals surface area (Å²) in [7, 11) is 6.30. The fourth-order valence-electron chi connectivity index (χ4n) is 12.6. The third kappa shape index (κ3) is 14.5. The number of carboxylic acid groups (broad SMARTS) is 1. The van der Waals surface area contributed by atoms with Crippen molar-refractivity contribution in [3.63, 3.8) is 0 Å². The minimum atomic E-state index is -0.889. The highest BCUT2D eigenvalue weighted by Crippen LogP contribution is 2.48. The van der Waals surface area contributed by atoms with Gasteiger partial charge in [0, 0.05) is 71.0 Å². The summed E-state index contributed by atoms with van der Waals surface area (Å²) in [6.07, 6.45) is 7.52. The Bertz CT molecular complexity index is 3490. The largest absolute Gasteiger partial charge is 0.496 e. The Morgan fingerprint density at radius 2 is 1.00 bits per heavy atom. The van der Waals surface area contributed by atoms with E-state index in [9.17, 15) is 43.5 Å². The molecule has 0 unspecified atom stereocenters. The maximum atomic E-state index is 11.8. The van der Waals surface area contributed by atoms with E-state index in [0.717, 1.165) is 86.9 Å². The average molecular weight is 1260 g/mol. The molecular weight excluding hydrogens is 1180 g/mol. The zero-order valence-corrected chi connectivity index (χ0v) is 54.6. The molecule has 7 heterocycles. The first-order valence-corrected chi connectivity index (χ1v) is 30.7. The van der Waals surface area contributed by atoms with Crippen molar-refractivity contribution in [3.8, 4) is 28.7 Å². The number of methoxy groups -OCH3 is 4. The van der Waals surface area contributed by atoms with Gasteiger partial charge in [0.2, 0.25) is 0 Å². The lowest BCUT2D eigenvalue weighted by molar-refractivity contribution is -0.156. The van der Waals surface area contributed by atoms with Crippen LogP contribution in [-0.2, 0) is 99.7 Å². The summed E-state index contributed by atoms with van der Waals surface area (Å²) in [5.41, 5.74) is 11.7. The molecule has 4 aromatic rings. The summed E-state index contributed by atoms with van der Waals surface area (Å²) >= 11 is 0. The fraction of sp³-hybridized carbons (Fsp3) is 0.514. The molecule has 7 aliphatic heterocycles. The maximum absolute atomic E-state index is 11.8. The summed E-state index contributed by atoms with van der Waals surface area (Å²) in [6, 6.07) is 6.90. The molecule has 0 saturated carbocycles. The Hall–Kier alpha value is -8.46. The number of ketones is 1. The number of hydrogen-bond donors (Lipinski definition) is 2. The molecule has 0 amide bonds. The number of carbonyl (C=O) groups excluding carboxylic acids is 7. The number of hydrogen-bond acceptors (Lipinski definition) is 20. The van der Waals surface area contributed by atoms with E-state index in [0.29, 0.717) is 103 Å². The Labute approximate surface area is 530 Å². The van der Waals surface area contributed by atoms with Crippen molar-refractivity contribution in [3.05, 3.63) is 119 Å².